The van der Waals surface area contributed by atoms with Gasteiger partial charge in [0.25, 0.3) is 0 Å². The monoisotopic (exact) mass is 218 g/mol. The van der Waals surface area contributed by atoms with Crippen LogP contribution in [0.2, 0.25) is 0 Å². The molecule has 0 aromatic heterocycles. The SMILES string of the molecule is CCCCCC(Cc1ccccc1)C(C)=O. The van der Waals surface area contributed by atoms with Crippen molar-refractivity contribution < 1.29 is 4.79 Å². The fourth-order valence-electron chi connectivity index (χ4n) is 1.99. The Bertz CT molecular complexity index is 302. The smallest absolute Gasteiger partial charge is 0.133 e. The van der Waals surface area contributed by atoms with Gasteiger partial charge in [-0.1, -0.05) is 56.5 Å². The molecular weight excluding hydrogens is 196 g/mol. The quantitative estimate of drug-likeness (QED) is 0.632. The normalized spacial score (nSPS) is 12.4. The van der Waals surface area contributed by atoms with Crippen LogP contribution in [0, 0.1) is 5.92 Å². The molecule has 1 aromatic carbocycles. The molecule has 1 atom stereocenters. The van der Waals surface area contributed by atoms with Crippen LogP contribution in [0.25, 0.3) is 0 Å². The lowest BCUT2D eigenvalue weighted by molar-refractivity contribution is -0.120. The highest BCUT2D eigenvalue weighted by Crippen LogP contribution is 2.16. The zero-order chi connectivity index (χ0) is 11.8. The lowest BCUT2D eigenvalue weighted by Crippen LogP contribution is -2.14. The molecule has 1 aromatic rings. The number of benzene rings is 1. The molecule has 0 amide bonds. The van der Waals surface area contributed by atoms with E-state index in [1.54, 1.807) is 6.92 Å². The third-order valence-electron chi connectivity index (χ3n) is 3.06. The Kier molecular flexibility index (Phi) is 5.84. The largest absolute Gasteiger partial charge is 0.300 e. The molecule has 16 heavy (non-hydrogen) atoms. The maximum atomic E-state index is 11.5. The van der Waals surface area contributed by atoms with E-state index in [1.165, 1.54) is 24.8 Å². The summed E-state index contributed by atoms with van der Waals surface area (Å²) in [5.41, 5.74) is 1.28. The summed E-state index contributed by atoms with van der Waals surface area (Å²) in [6.45, 7) is 3.92. The second-order valence-corrected chi connectivity index (χ2v) is 4.49. The summed E-state index contributed by atoms with van der Waals surface area (Å²) in [5.74, 6) is 0.550. The number of carbonyl (C=O) groups excluding carboxylic acids is 1. The predicted molar refractivity (Wildman–Crippen MR) is 68.5 cm³/mol. The number of unbranched alkanes of at least 4 members (excludes halogenated alkanes) is 2. The van der Waals surface area contributed by atoms with Crippen molar-refractivity contribution in [3.63, 3.8) is 0 Å². The van der Waals surface area contributed by atoms with Gasteiger partial charge in [0.1, 0.15) is 5.78 Å². The minimum atomic E-state index is 0.217. The Morgan fingerprint density at radius 2 is 1.88 bits per heavy atom. The molecule has 1 heteroatoms. The molecule has 0 aliphatic rings. The van der Waals surface area contributed by atoms with Crippen LogP contribution in [-0.2, 0) is 11.2 Å². The van der Waals surface area contributed by atoms with Crippen LogP contribution in [0.3, 0.4) is 0 Å². The average molecular weight is 218 g/mol. The second-order valence-electron chi connectivity index (χ2n) is 4.49. The van der Waals surface area contributed by atoms with Crippen molar-refractivity contribution in [1.29, 1.82) is 0 Å². The highest BCUT2D eigenvalue weighted by atomic mass is 16.1. The minimum Gasteiger partial charge on any atom is -0.300 e. The van der Waals surface area contributed by atoms with Gasteiger partial charge >= 0.3 is 0 Å². The standard InChI is InChI=1S/C15H22O/c1-3-4-6-11-15(13(2)16)12-14-9-7-5-8-10-14/h5,7-10,15H,3-4,6,11-12H2,1-2H3. The van der Waals surface area contributed by atoms with Crippen LogP contribution in [0.4, 0.5) is 0 Å². The van der Waals surface area contributed by atoms with Gasteiger partial charge in [0, 0.05) is 5.92 Å². The Balaban J connectivity index is 2.48. The zero-order valence-electron chi connectivity index (χ0n) is 10.4. The summed E-state index contributed by atoms with van der Waals surface area (Å²) >= 11 is 0. The number of Topliss-reactive ketones (excluding diaryl/α,β-unsaturated/α-hetero) is 1. The van der Waals surface area contributed by atoms with E-state index in [0.717, 1.165) is 12.8 Å². The van der Waals surface area contributed by atoms with E-state index in [9.17, 15) is 4.79 Å². The number of hydrogen-bond donors (Lipinski definition) is 0. The highest BCUT2D eigenvalue weighted by molar-refractivity contribution is 5.78. The second kappa shape index (κ2) is 7.21. The van der Waals surface area contributed by atoms with Crippen molar-refractivity contribution >= 4 is 5.78 Å². The van der Waals surface area contributed by atoms with Crippen LogP contribution in [0.1, 0.15) is 45.1 Å². The van der Waals surface area contributed by atoms with Gasteiger partial charge in [-0.2, -0.15) is 0 Å². The first kappa shape index (κ1) is 13.0. The molecular formula is C15H22O. The lowest BCUT2D eigenvalue weighted by Gasteiger charge is -2.13. The van der Waals surface area contributed by atoms with E-state index in [4.69, 9.17) is 0 Å². The van der Waals surface area contributed by atoms with Gasteiger partial charge in [0.2, 0.25) is 0 Å². The maximum absolute atomic E-state index is 11.5. The van der Waals surface area contributed by atoms with Gasteiger partial charge in [-0.15, -0.1) is 0 Å². The molecule has 88 valence electrons. The molecule has 1 nitrogen and oxygen atoms in total. The van der Waals surface area contributed by atoms with E-state index in [2.05, 4.69) is 19.1 Å². The number of carbonyl (C=O) groups is 1. The molecule has 0 saturated heterocycles. The topological polar surface area (TPSA) is 17.1 Å². The van der Waals surface area contributed by atoms with Crippen LogP contribution in [0.15, 0.2) is 30.3 Å². The molecule has 0 heterocycles. The van der Waals surface area contributed by atoms with Gasteiger partial charge in [0.05, 0.1) is 0 Å². The van der Waals surface area contributed by atoms with Crippen molar-refractivity contribution in [1.82, 2.24) is 0 Å². The Hall–Kier alpha value is -1.11. The first-order valence-electron chi connectivity index (χ1n) is 6.28. The van der Waals surface area contributed by atoms with Crippen molar-refractivity contribution in [2.75, 3.05) is 0 Å². The molecule has 0 fully saturated rings. The Morgan fingerprint density at radius 1 is 1.19 bits per heavy atom. The first-order valence-corrected chi connectivity index (χ1v) is 6.28. The molecule has 0 aliphatic heterocycles. The van der Waals surface area contributed by atoms with Crippen LogP contribution in [-0.4, -0.2) is 5.78 Å². The molecule has 0 N–H and O–H groups in total. The summed E-state index contributed by atoms with van der Waals surface area (Å²) in [6, 6.07) is 10.3. The summed E-state index contributed by atoms with van der Waals surface area (Å²) < 4.78 is 0. The summed E-state index contributed by atoms with van der Waals surface area (Å²) in [6.07, 6.45) is 5.57. The summed E-state index contributed by atoms with van der Waals surface area (Å²) in [7, 11) is 0. The van der Waals surface area contributed by atoms with Gasteiger partial charge in [0.15, 0.2) is 0 Å². The summed E-state index contributed by atoms with van der Waals surface area (Å²) in [4.78, 5) is 11.5. The predicted octanol–water partition coefficient (Wildman–Crippen LogP) is 4.01. The Labute approximate surface area is 98.9 Å². The van der Waals surface area contributed by atoms with Crippen molar-refractivity contribution in [2.24, 2.45) is 5.92 Å². The third kappa shape index (κ3) is 4.61. The highest BCUT2D eigenvalue weighted by Gasteiger charge is 2.13. The van der Waals surface area contributed by atoms with Gasteiger partial charge < -0.3 is 0 Å². The molecule has 1 rings (SSSR count). The minimum absolute atomic E-state index is 0.217. The van der Waals surface area contributed by atoms with E-state index in [-0.39, 0.29) is 5.92 Å². The van der Waals surface area contributed by atoms with E-state index in [1.807, 2.05) is 18.2 Å². The van der Waals surface area contributed by atoms with Crippen molar-refractivity contribution in [3.05, 3.63) is 35.9 Å². The zero-order valence-corrected chi connectivity index (χ0v) is 10.4. The van der Waals surface area contributed by atoms with Crippen LogP contribution in [0.5, 0.6) is 0 Å². The van der Waals surface area contributed by atoms with E-state index in [0.29, 0.717) is 5.78 Å². The average Bonchev–Trinajstić information content (AvgIpc) is 2.29. The molecule has 0 aliphatic carbocycles. The van der Waals surface area contributed by atoms with E-state index < -0.39 is 0 Å². The number of ketones is 1. The van der Waals surface area contributed by atoms with Crippen molar-refractivity contribution in [3.8, 4) is 0 Å². The third-order valence-corrected chi connectivity index (χ3v) is 3.06. The van der Waals surface area contributed by atoms with Crippen LogP contribution >= 0.6 is 0 Å². The van der Waals surface area contributed by atoms with E-state index >= 15 is 0 Å². The maximum Gasteiger partial charge on any atom is 0.133 e. The fourth-order valence-corrected chi connectivity index (χ4v) is 1.99. The fraction of sp³-hybridized carbons (Fsp3) is 0.533. The lowest BCUT2D eigenvalue weighted by atomic mass is 9.91. The number of hydrogen-bond acceptors (Lipinski definition) is 1. The number of rotatable bonds is 7. The van der Waals surface area contributed by atoms with Crippen molar-refractivity contribution in [2.45, 2.75) is 46.0 Å². The molecule has 0 radical (unpaired) electrons. The molecule has 1 unspecified atom stereocenters. The Morgan fingerprint density at radius 3 is 2.44 bits per heavy atom. The van der Waals surface area contributed by atoms with Gasteiger partial charge in [-0.05, 0) is 25.3 Å². The van der Waals surface area contributed by atoms with Crippen LogP contribution < -0.4 is 0 Å². The van der Waals surface area contributed by atoms with Gasteiger partial charge in [-0.3, -0.25) is 4.79 Å². The van der Waals surface area contributed by atoms with Gasteiger partial charge in [-0.25, -0.2) is 0 Å². The molecule has 0 saturated carbocycles. The summed E-state index contributed by atoms with van der Waals surface area (Å²) in [5, 5.41) is 0. The molecule has 0 spiro atoms. The first-order chi connectivity index (χ1) is 7.74. The molecule has 0 bridgehead atoms.